The number of hydrogen-bond donors (Lipinski definition) is 2. The van der Waals surface area contributed by atoms with E-state index in [1.54, 1.807) is 24.0 Å². The summed E-state index contributed by atoms with van der Waals surface area (Å²) >= 11 is 0. The molecular weight excluding hydrogens is 252 g/mol. The highest BCUT2D eigenvalue weighted by Crippen LogP contribution is 2.12. The highest BCUT2D eigenvalue weighted by molar-refractivity contribution is 5.99. The first-order valence-corrected chi connectivity index (χ1v) is 6.84. The molecule has 106 valence electrons. The maximum atomic E-state index is 11.8. The van der Waals surface area contributed by atoms with Crippen molar-refractivity contribution in [3.8, 4) is 0 Å². The molecule has 5 heteroatoms. The van der Waals surface area contributed by atoms with E-state index in [4.69, 9.17) is 0 Å². The van der Waals surface area contributed by atoms with Crippen LogP contribution in [0.2, 0.25) is 0 Å². The third-order valence-electron chi connectivity index (χ3n) is 3.09. The zero-order valence-electron chi connectivity index (χ0n) is 11.9. The molecule has 0 saturated heterocycles. The van der Waals surface area contributed by atoms with Gasteiger partial charge in [-0.15, -0.1) is 0 Å². The van der Waals surface area contributed by atoms with E-state index in [0.29, 0.717) is 5.82 Å². The quantitative estimate of drug-likeness (QED) is 0.876. The van der Waals surface area contributed by atoms with E-state index in [9.17, 15) is 4.79 Å². The number of nitrogens with zero attached hydrogens (tertiary/aromatic N) is 2. The van der Waals surface area contributed by atoms with Gasteiger partial charge in [-0.2, -0.15) is 5.10 Å². The molecule has 0 unspecified atom stereocenters. The SMILES string of the molecule is CCCCc1ccc(NC(=O)Nc2ccnn2C)cc1. The van der Waals surface area contributed by atoms with Gasteiger partial charge in [-0.1, -0.05) is 25.5 Å². The smallest absolute Gasteiger partial charge is 0.308 e. The Morgan fingerprint density at radius 1 is 1.20 bits per heavy atom. The molecular formula is C15H20N4O. The Bertz CT molecular complexity index is 560. The van der Waals surface area contributed by atoms with E-state index < -0.39 is 0 Å². The average molecular weight is 272 g/mol. The molecule has 0 saturated carbocycles. The minimum Gasteiger partial charge on any atom is -0.308 e. The largest absolute Gasteiger partial charge is 0.324 e. The van der Waals surface area contributed by atoms with Crippen molar-refractivity contribution in [2.45, 2.75) is 26.2 Å². The zero-order chi connectivity index (χ0) is 14.4. The molecule has 0 bridgehead atoms. The molecule has 5 nitrogen and oxygen atoms in total. The maximum Gasteiger partial charge on any atom is 0.324 e. The molecule has 20 heavy (non-hydrogen) atoms. The number of benzene rings is 1. The van der Waals surface area contributed by atoms with Crippen molar-refractivity contribution in [3.63, 3.8) is 0 Å². The summed E-state index contributed by atoms with van der Waals surface area (Å²) in [6.07, 6.45) is 5.09. The summed E-state index contributed by atoms with van der Waals surface area (Å²) in [6.45, 7) is 2.18. The Balaban J connectivity index is 1.89. The fourth-order valence-corrected chi connectivity index (χ4v) is 1.91. The molecule has 2 amide bonds. The molecule has 1 aromatic heterocycles. The number of anilines is 2. The number of unbranched alkanes of at least 4 members (excludes halogenated alkanes) is 1. The van der Waals surface area contributed by atoms with Crippen molar-refractivity contribution in [3.05, 3.63) is 42.1 Å². The van der Waals surface area contributed by atoms with Crippen molar-refractivity contribution in [2.75, 3.05) is 10.6 Å². The van der Waals surface area contributed by atoms with E-state index in [1.165, 1.54) is 18.4 Å². The van der Waals surface area contributed by atoms with Crippen LogP contribution in [0.5, 0.6) is 0 Å². The van der Waals surface area contributed by atoms with Crippen LogP contribution in [0, 0.1) is 0 Å². The lowest BCUT2D eigenvalue weighted by Gasteiger charge is -2.08. The van der Waals surface area contributed by atoms with Gasteiger partial charge in [-0.3, -0.25) is 10.00 Å². The van der Waals surface area contributed by atoms with Crippen LogP contribution < -0.4 is 10.6 Å². The third-order valence-corrected chi connectivity index (χ3v) is 3.09. The Morgan fingerprint density at radius 2 is 1.95 bits per heavy atom. The summed E-state index contributed by atoms with van der Waals surface area (Å²) in [5.74, 6) is 0.655. The van der Waals surface area contributed by atoms with E-state index in [1.807, 2.05) is 12.1 Å². The topological polar surface area (TPSA) is 59.0 Å². The van der Waals surface area contributed by atoms with Gasteiger partial charge >= 0.3 is 6.03 Å². The van der Waals surface area contributed by atoms with Crippen LogP contribution in [0.15, 0.2) is 36.5 Å². The molecule has 1 aromatic carbocycles. The first kappa shape index (κ1) is 14.1. The van der Waals surface area contributed by atoms with Crippen LogP contribution in [-0.2, 0) is 13.5 Å². The van der Waals surface area contributed by atoms with Gasteiger partial charge in [-0.25, -0.2) is 4.79 Å². The van der Waals surface area contributed by atoms with Gasteiger partial charge in [0.15, 0.2) is 0 Å². The van der Waals surface area contributed by atoms with Gasteiger partial charge < -0.3 is 5.32 Å². The van der Waals surface area contributed by atoms with Gasteiger partial charge in [0.05, 0.1) is 6.20 Å². The molecule has 0 aliphatic heterocycles. The van der Waals surface area contributed by atoms with Gasteiger partial charge in [0.1, 0.15) is 5.82 Å². The zero-order valence-corrected chi connectivity index (χ0v) is 11.9. The summed E-state index contributed by atoms with van der Waals surface area (Å²) in [7, 11) is 1.78. The molecule has 0 aliphatic rings. The second kappa shape index (κ2) is 6.75. The van der Waals surface area contributed by atoms with E-state index >= 15 is 0 Å². The minimum atomic E-state index is -0.269. The van der Waals surface area contributed by atoms with E-state index in [0.717, 1.165) is 12.1 Å². The summed E-state index contributed by atoms with van der Waals surface area (Å²) in [5.41, 5.74) is 2.08. The molecule has 0 atom stereocenters. The summed E-state index contributed by atoms with van der Waals surface area (Å²) in [4.78, 5) is 11.8. The van der Waals surface area contributed by atoms with Crippen molar-refractivity contribution in [1.29, 1.82) is 0 Å². The Hall–Kier alpha value is -2.30. The highest BCUT2D eigenvalue weighted by atomic mass is 16.2. The molecule has 2 rings (SSSR count). The van der Waals surface area contributed by atoms with Gasteiger partial charge in [-0.05, 0) is 30.5 Å². The van der Waals surface area contributed by atoms with Gasteiger partial charge in [0.2, 0.25) is 0 Å². The van der Waals surface area contributed by atoms with Crippen LogP contribution in [0.3, 0.4) is 0 Å². The molecule has 0 spiro atoms. The van der Waals surface area contributed by atoms with Crippen molar-refractivity contribution < 1.29 is 4.79 Å². The number of rotatable bonds is 5. The molecule has 0 aliphatic carbocycles. The molecule has 2 N–H and O–H groups in total. The standard InChI is InChI=1S/C15H20N4O/c1-3-4-5-12-6-8-13(9-7-12)17-15(20)18-14-10-11-16-19(14)2/h6-11H,3-5H2,1-2H3,(H2,17,18,20). The molecule has 1 heterocycles. The number of amides is 2. The first-order valence-electron chi connectivity index (χ1n) is 6.84. The van der Waals surface area contributed by atoms with Crippen molar-refractivity contribution >= 4 is 17.5 Å². The van der Waals surface area contributed by atoms with Gasteiger partial charge in [0.25, 0.3) is 0 Å². The van der Waals surface area contributed by atoms with Crippen molar-refractivity contribution in [2.24, 2.45) is 7.05 Å². The number of carbonyl (C=O) groups excluding carboxylic acids is 1. The van der Waals surface area contributed by atoms with Crippen LogP contribution >= 0.6 is 0 Å². The maximum absolute atomic E-state index is 11.8. The Labute approximate surface area is 119 Å². The summed E-state index contributed by atoms with van der Waals surface area (Å²) in [6, 6.07) is 9.43. The number of aryl methyl sites for hydroxylation is 2. The Morgan fingerprint density at radius 3 is 2.55 bits per heavy atom. The lowest BCUT2D eigenvalue weighted by molar-refractivity contribution is 0.262. The second-order valence-electron chi connectivity index (χ2n) is 4.72. The lowest BCUT2D eigenvalue weighted by Crippen LogP contribution is -2.21. The highest BCUT2D eigenvalue weighted by Gasteiger charge is 2.05. The van der Waals surface area contributed by atoms with Crippen LogP contribution in [-0.4, -0.2) is 15.8 Å². The number of carbonyl (C=O) groups is 1. The van der Waals surface area contributed by atoms with Crippen molar-refractivity contribution in [1.82, 2.24) is 9.78 Å². The summed E-state index contributed by atoms with van der Waals surface area (Å²) < 4.78 is 1.60. The van der Waals surface area contributed by atoms with Crippen LogP contribution in [0.1, 0.15) is 25.3 Å². The molecule has 0 radical (unpaired) electrons. The summed E-state index contributed by atoms with van der Waals surface area (Å²) in [5, 5.41) is 9.53. The fourth-order valence-electron chi connectivity index (χ4n) is 1.91. The number of aromatic nitrogens is 2. The molecule has 2 aromatic rings. The number of nitrogens with one attached hydrogen (secondary N) is 2. The third kappa shape index (κ3) is 3.85. The normalized spacial score (nSPS) is 10.3. The second-order valence-corrected chi connectivity index (χ2v) is 4.72. The predicted octanol–water partition coefficient (Wildman–Crippen LogP) is 3.41. The van der Waals surface area contributed by atoms with Crippen LogP contribution in [0.4, 0.5) is 16.3 Å². The number of hydrogen-bond acceptors (Lipinski definition) is 2. The predicted molar refractivity (Wildman–Crippen MR) is 80.9 cm³/mol. The van der Waals surface area contributed by atoms with Gasteiger partial charge in [0, 0.05) is 18.8 Å². The monoisotopic (exact) mass is 272 g/mol. The Kier molecular flexibility index (Phi) is 4.76. The van der Waals surface area contributed by atoms with E-state index in [-0.39, 0.29) is 6.03 Å². The minimum absolute atomic E-state index is 0.269. The number of urea groups is 1. The fraction of sp³-hybridized carbons (Fsp3) is 0.333. The lowest BCUT2D eigenvalue weighted by atomic mass is 10.1. The average Bonchev–Trinajstić information content (AvgIpc) is 2.83. The van der Waals surface area contributed by atoms with E-state index in [2.05, 4.69) is 34.8 Å². The molecule has 0 fully saturated rings. The first-order chi connectivity index (χ1) is 9.69. The van der Waals surface area contributed by atoms with Crippen LogP contribution in [0.25, 0.3) is 0 Å².